The topological polar surface area (TPSA) is 32.3 Å². The summed E-state index contributed by atoms with van der Waals surface area (Å²) < 4.78 is 26.4. The first-order chi connectivity index (χ1) is 9.60. The van der Waals surface area contributed by atoms with Crippen LogP contribution < -0.4 is 5.32 Å². The highest BCUT2D eigenvalue weighted by atomic mass is 32.2. The molecule has 0 heterocycles. The summed E-state index contributed by atoms with van der Waals surface area (Å²) >= 11 is 1.91. The van der Waals surface area contributed by atoms with Crippen molar-refractivity contribution < 1.29 is 13.9 Å². The molecule has 0 aliphatic heterocycles. The van der Waals surface area contributed by atoms with Crippen LogP contribution in [0.3, 0.4) is 0 Å². The average Bonchev–Trinajstić information content (AvgIpc) is 2.45. The van der Waals surface area contributed by atoms with Crippen molar-refractivity contribution in [2.75, 3.05) is 12.8 Å². The smallest absolute Gasteiger partial charge is 0.131 e. The van der Waals surface area contributed by atoms with Gasteiger partial charge >= 0.3 is 0 Å². The van der Waals surface area contributed by atoms with E-state index in [4.69, 9.17) is 0 Å². The van der Waals surface area contributed by atoms with Crippen LogP contribution in [0.2, 0.25) is 0 Å². The molecular formula is C15H21F2NOS. The number of nitrogens with one attached hydrogen (secondary N) is 1. The molecule has 1 saturated carbocycles. The van der Waals surface area contributed by atoms with Gasteiger partial charge in [0.15, 0.2) is 0 Å². The molecule has 1 aromatic carbocycles. The van der Waals surface area contributed by atoms with Crippen molar-refractivity contribution in [3.8, 4) is 0 Å². The van der Waals surface area contributed by atoms with Crippen molar-refractivity contribution in [1.29, 1.82) is 0 Å². The summed E-state index contributed by atoms with van der Waals surface area (Å²) in [6.45, 7) is 0.303. The second kappa shape index (κ2) is 7.38. The molecule has 0 saturated heterocycles. The van der Waals surface area contributed by atoms with Gasteiger partial charge in [-0.3, -0.25) is 0 Å². The second-order valence-electron chi connectivity index (χ2n) is 5.30. The molecule has 0 radical (unpaired) electrons. The van der Waals surface area contributed by atoms with Crippen molar-refractivity contribution in [2.45, 2.75) is 43.1 Å². The first-order valence-corrected chi connectivity index (χ1v) is 8.28. The van der Waals surface area contributed by atoms with Crippen LogP contribution in [-0.4, -0.2) is 29.2 Å². The van der Waals surface area contributed by atoms with Crippen LogP contribution in [0, 0.1) is 11.6 Å². The van der Waals surface area contributed by atoms with Crippen molar-refractivity contribution >= 4 is 11.8 Å². The Morgan fingerprint density at radius 1 is 1.30 bits per heavy atom. The fraction of sp³-hybridized carbons (Fsp3) is 0.600. The average molecular weight is 301 g/mol. The molecule has 0 bridgehead atoms. The number of aliphatic hydroxyl groups excluding tert-OH is 1. The van der Waals surface area contributed by atoms with Crippen LogP contribution in [0.4, 0.5) is 8.78 Å². The molecule has 0 spiro atoms. The van der Waals surface area contributed by atoms with Crippen LogP contribution in [0.1, 0.15) is 37.4 Å². The van der Waals surface area contributed by atoms with Gasteiger partial charge < -0.3 is 10.4 Å². The Bertz CT molecular complexity index is 436. The van der Waals surface area contributed by atoms with Gasteiger partial charge in [0.05, 0.1) is 6.10 Å². The van der Waals surface area contributed by atoms with Gasteiger partial charge in [0.25, 0.3) is 0 Å². The molecule has 1 fully saturated rings. The zero-order chi connectivity index (χ0) is 14.5. The van der Waals surface area contributed by atoms with Gasteiger partial charge in [0.2, 0.25) is 0 Å². The van der Waals surface area contributed by atoms with Crippen LogP contribution >= 0.6 is 11.8 Å². The summed E-state index contributed by atoms with van der Waals surface area (Å²) in [4.78, 5) is 0. The monoisotopic (exact) mass is 301 g/mol. The van der Waals surface area contributed by atoms with E-state index >= 15 is 0 Å². The molecular weight excluding hydrogens is 280 g/mol. The highest BCUT2D eigenvalue weighted by Crippen LogP contribution is 2.27. The van der Waals surface area contributed by atoms with E-state index in [1.807, 2.05) is 11.8 Å². The van der Waals surface area contributed by atoms with E-state index in [1.165, 1.54) is 25.0 Å². The van der Waals surface area contributed by atoms with Gasteiger partial charge in [-0.2, -0.15) is 11.8 Å². The van der Waals surface area contributed by atoms with Gasteiger partial charge in [-0.1, -0.05) is 6.07 Å². The zero-order valence-corrected chi connectivity index (χ0v) is 12.4. The van der Waals surface area contributed by atoms with Gasteiger partial charge in [0, 0.05) is 29.5 Å². The Hall–Kier alpha value is -0.650. The van der Waals surface area contributed by atoms with Crippen molar-refractivity contribution in [3.63, 3.8) is 0 Å². The van der Waals surface area contributed by atoms with E-state index < -0.39 is 17.7 Å². The number of benzene rings is 1. The summed E-state index contributed by atoms with van der Waals surface area (Å²) in [5, 5.41) is 14.0. The summed E-state index contributed by atoms with van der Waals surface area (Å²) in [6, 6.07) is 3.67. The van der Waals surface area contributed by atoms with E-state index in [0.29, 0.717) is 12.6 Å². The fourth-order valence-corrected chi connectivity index (χ4v) is 3.41. The minimum Gasteiger partial charge on any atom is -0.387 e. The first-order valence-electron chi connectivity index (χ1n) is 6.99. The number of rotatable bonds is 5. The summed E-state index contributed by atoms with van der Waals surface area (Å²) in [7, 11) is 0. The van der Waals surface area contributed by atoms with Crippen molar-refractivity contribution in [2.24, 2.45) is 0 Å². The molecule has 20 heavy (non-hydrogen) atoms. The molecule has 1 unspecified atom stereocenters. The third-order valence-electron chi connectivity index (χ3n) is 3.93. The molecule has 1 aliphatic rings. The molecule has 1 aliphatic carbocycles. The highest BCUT2D eigenvalue weighted by Gasteiger charge is 2.21. The molecule has 0 aromatic heterocycles. The standard InChI is InChI=1S/C15H21F2NOS/c1-20-12-5-3-11(4-6-12)18-9-15(19)13-7-2-10(16)8-14(13)17/h2,7-8,11-12,15,18-19H,3-6,9H2,1H3. The van der Waals surface area contributed by atoms with Crippen molar-refractivity contribution in [3.05, 3.63) is 35.4 Å². The maximum Gasteiger partial charge on any atom is 0.131 e. The Labute approximate surface area is 123 Å². The minimum atomic E-state index is -0.936. The van der Waals surface area contributed by atoms with E-state index in [9.17, 15) is 13.9 Å². The van der Waals surface area contributed by atoms with Crippen LogP contribution in [0.5, 0.6) is 0 Å². The minimum absolute atomic E-state index is 0.150. The summed E-state index contributed by atoms with van der Waals surface area (Å²) in [5.74, 6) is -1.31. The lowest BCUT2D eigenvalue weighted by molar-refractivity contribution is 0.161. The van der Waals surface area contributed by atoms with Crippen molar-refractivity contribution in [1.82, 2.24) is 5.32 Å². The molecule has 2 nitrogen and oxygen atoms in total. The Kier molecular flexibility index (Phi) is 5.81. The van der Waals surface area contributed by atoms with E-state index in [0.717, 1.165) is 24.2 Å². The third kappa shape index (κ3) is 4.17. The predicted molar refractivity (Wildman–Crippen MR) is 78.9 cm³/mol. The Morgan fingerprint density at radius 2 is 2.00 bits per heavy atom. The van der Waals surface area contributed by atoms with Crippen LogP contribution in [0.15, 0.2) is 18.2 Å². The third-order valence-corrected chi connectivity index (χ3v) is 5.07. The maximum atomic E-state index is 13.5. The normalized spacial score (nSPS) is 24.6. The summed E-state index contributed by atoms with van der Waals surface area (Å²) in [6.07, 6.45) is 5.74. The molecule has 2 N–H and O–H groups in total. The van der Waals surface area contributed by atoms with Crippen LogP contribution in [0.25, 0.3) is 0 Å². The predicted octanol–water partition coefficient (Wildman–Crippen LogP) is 3.26. The molecule has 1 atom stereocenters. The molecule has 5 heteroatoms. The molecule has 0 amide bonds. The number of thioether (sulfide) groups is 1. The lowest BCUT2D eigenvalue weighted by atomic mass is 9.94. The lowest BCUT2D eigenvalue weighted by Crippen LogP contribution is -2.36. The Balaban J connectivity index is 1.82. The number of hydrogen-bond acceptors (Lipinski definition) is 3. The van der Waals surface area contributed by atoms with Gasteiger partial charge in [-0.05, 0) is 38.0 Å². The number of hydrogen-bond donors (Lipinski definition) is 2. The lowest BCUT2D eigenvalue weighted by Gasteiger charge is -2.29. The van der Waals surface area contributed by atoms with Gasteiger partial charge in [-0.25, -0.2) is 8.78 Å². The number of aliphatic hydroxyl groups is 1. The quantitative estimate of drug-likeness (QED) is 0.875. The maximum absolute atomic E-state index is 13.5. The molecule has 1 aromatic rings. The fourth-order valence-electron chi connectivity index (χ4n) is 2.66. The largest absolute Gasteiger partial charge is 0.387 e. The molecule has 2 rings (SSSR count). The first kappa shape index (κ1) is 15.7. The van der Waals surface area contributed by atoms with Gasteiger partial charge in [0.1, 0.15) is 11.6 Å². The van der Waals surface area contributed by atoms with E-state index in [-0.39, 0.29) is 5.56 Å². The van der Waals surface area contributed by atoms with Gasteiger partial charge in [-0.15, -0.1) is 0 Å². The van der Waals surface area contributed by atoms with E-state index in [2.05, 4.69) is 11.6 Å². The van der Waals surface area contributed by atoms with Crippen LogP contribution in [-0.2, 0) is 0 Å². The zero-order valence-electron chi connectivity index (χ0n) is 11.6. The SMILES string of the molecule is CSC1CCC(NCC(O)c2ccc(F)cc2F)CC1. The summed E-state index contributed by atoms with van der Waals surface area (Å²) in [5.41, 5.74) is 0.150. The second-order valence-corrected chi connectivity index (χ2v) is 6.44. The molecule has 112 valence electrons. The number of halogens is 2. The van der Waals surface area contributed by atoms with E-state index in [1.54, 1.807) is 0 Å². The Morgan fingerprint density at radius 3 is 2.60 bits per heavy atom. The highest BCUT2D eigenvalue weighted by molar-refractivity contribution is 7.99.